The molecule has 1 aromatic carbocycles. The smallest absolute Gasteiger partial charge is 0.323 e. The molecule has 2 fully saturated rings. The van der Waals surface area contributed by atoms with Crippen molar-refractivity contribution in [2.24, 2.45) is 0 Å². The third-order valence-corrected chi connectivity index (χ3v) is 6.29. The minimum Gasteiger partial charge on any atom is -0.484 e. The summed E-state index contributed by atoms with van der Waals surface area (Å²) in [5, 5.41) is 5.76. The molecular formula is C20H22ClN5O4S. The lowest BCUT2D eigenvalue weighted by Gasteiger charge is -2.34. The average molecular weight is 464 g/mol. The first-order valence-electron chi connectivity index (χ1n) is 9.93. The Morgan fingerprint density at radius 1 is 1.06 bits per heavy atom. The molecular weight excluding hydrogens is 442 g/mol. The molecule has 0 atom stereocenters. The van der Waals surface area contributed by atoms with E-state index in [9.17, 15) is 14.4 Å². The number of rotatable bonds is 6. The van der Waals surface area contributed by atoms with E-state index in [1.165, 1.54) is 11.3 Å². The van der Waals surface area contributed by atoms with Crippen LogP contribution in [0.2, 0.25) is 5.02 Å². The first-order valence-corrected chi connectivity index (χ1v) is 11.2. The van der Waals surface area contributed by atoms with Crippen molar-refractivity contribution in [3.8, 4) is 5.75 Å². The Kier molecular flexibility index (Phi) is 6.57. The van der Waals surface area contributed by atoms with Crippen LogP contribution in [0.1, 0.15) is 5.69 Å². The minimum atomic E-state index is -0.159. The molecule has 2 aliphatic heterocycles. The number of ether oxygens (including phenoxy) is 1. The monoisotopic (exact) mass is 463 g/mol. The number of nitrogens with one attached hydrogen (secondary N) is 1. The van der Waals surface area contributed by atoms with Crippen LogP contribution < -0.4 is 15.0 Å². The summed E-state index contributed by atoms with van der Waals surface area (Å²) in [5.74, 6) is 0.433. The molecule has 0 aliphatic carbocycles. The highest BCUT2D eigenvalue weighted by molar-refractivity contribution is 7.14. The van der Waals surface area contributed by atoms with E-state index in [1.807, 2.05) is 5.38 Å². The van der Waals surface area contributed by atoms with E-state index >= 15 is 0 Å². The van der Waals surface area contributed by atoms with Crippen molar-refractivity contribution in [1.82, 2.24) is 20.1 Å². The second-order valence-electron chi connectivity index (χ2n) is 7.19. The number of halogens is 1. The Bertz CT molecular complexity index is 959. The zero-order valence-corrected chi connectivity index (χ0v) is 18.3. The summed E-state index contributed by atoms with van der Waals surface area (Å²) in [6, 6.07) is 6.68. The van der Waals surface area contributed by atoms with Gasteiger partial charge in [-0.3, -0.25) is 14.5 Å². The normalized spacial score (nSPS) is 16.4. The molecule has 4 amide bonds. The minimum absolute atomic E-state index is 0.0350. The standard InChI is InChI=1S/C20H22ClN5O4S/c21-14-1-3-16(4-2-14)30-12-18(28)25-9-7-24(8-10-25)17(27)11-15-13-31-20(23-15)26-6-5-22-19(26)29/h1-4,13H,5-12H2,(H,22,29). The van der Waals surface area contributed by atoms with Crippen LogP contribution in [0, 0.1) is 0 Å². The van der Waals surface area contributed by atoms with E-state index in [4.69, 9.17) is 16.3 Å². The number of thiazole rings is 1. The predicted molar refractivity (Wildman–Crippen MR) is 117 cm³/mol. The van der Waals surface area contributed by atoms with Gasteiger partial charge < -0.3 is 19.9 Å². The van der Waals surface area contributed by atoms with Gasteiger partial charge in [0, 0.05) is 49.7 Å². The van der Waals surface area contributed by atoms with E-state index in [0.717, 1.165) is 0 Å². The van der Waals surface area contributed by atoms with Crippen molar-refractivity contribution in [2.75, 3.05) is 50.8 Å². The zero-order chi connectivity index (χ0) is 21.8. The highest BCUT2D eigenvalue weighted by Gasteiger charge is 2.27. The average Bonchev–Trinajstić information content (AvgIpc) is 3.41. The summed E-state index contributed by atoms with van der Waals surface area (Å²) in [5.41, 5.74) is 0.652. The third-order valence-electron chi connectivity index (χ3n) is 5.12. The van der Waals surface area contributed by atoms with Crippen molar-refractivity contribution >= 4 is 45.9 Å². The van der Waals surface area contributed by atoms with Crippen molar-refractivity contribution in [3.05, 3.63) is 40.4 Å². The number of carbonyl (C=O) groups is 3. The molecule has 1 N–H and O–H groups in total. The van der Waals surface area contributed by atoms with Crippen LogP contribution in [0.15, 0.2) is 29.6 Å². The highest BCUT2D eigenvalue weighted by atomic mass is 35.5. The lowest BCUT2D eigenvalue weighted by Crippen LogP contribution is -2.52. The van der Waals surface area contributed by atoms with Crippen LogP contribution in [0.3, 0.4) is 0 Å². The van der Waals surface area contributed by atoms with Gasteiger partial charge in [-0.1, -0.05) is 11.6 Å². The number of piperazine rings is 1. The number of anilines is 1. The molecule has 4 rings (SSSR count). The lowest BCUT2D eigenvalue weighted by molar-refractivity contribution is -0.140. The van der Waals surface area contributed by atoms with Gasteiger partial charge >= 0.3 is 6.03 Å². The topological polar surface area (TPSA) is 95.1 Å². The van der Waals surface area contributed by atoms with Crippen LogP contribution in [-0.4, -0.2) is 78.5 Å². The van der Waals surface area contributed by atoms with E-state index in [2.05, 4.69) is 10.3 Å². The van der Waals surface area contributed by atoms with Crippen LogP contribution in [0.5, 0.6) is 5.75 Å². The van der Waals surface area contributed by atoms with Gasteiger partial charge in [-0.25, -0.2) is 9.78 Å². The molecule has 0 saturated carbocycles. The number of benzene rings is 1. The Labute approximate surface area is 188 Å². The van der Waals surface area contributed by atoms with E-state index < -0.39 is 0 Å². The third kappa shape index (κ3) is 5.26. The zero-order valence-electron chi connectivity index (χ0n) is 16.8. The Morgan fingerprint density at radius 2 is 1.74 bits per heavy atom. The molecule has 31 heavy (non-hydrogen) atoms. The SMILES string of the molecule is O=C(COc1ccc(Cl)cc1)N1CCN(C(=O)Cc2csc(N3CCNC3=O)n2)CC1. The quantitative estimate of drug-likeness (QED) is 0.702. The molecule has 0 spiro atoms. The summed E-state index contributed by atoms with van der Waals surface area (Å²) >= 11 is 7.20. The fourth-order valence-corrected chi connectivity index (χ4v) is 4.37. The maximum atomic E-state index is 12.6. The van der Waals surface area contributed by atoms with Gasteiger partial charge in [-0.05, 0) is 24.3 Å². The second-order valence-corrected chi connectivity index (χ2v) is 8.46. The molecule has 11 heteroatoms. The number of carbonyl (C=O) groups excluding carboxylic acids is 3. The highest BCUT2D eigenvalue weighted by Crippen LogP contribution is 2.22. The molecule has 2 aliphatic rings. The molecule has 164 valence electrons. The van der Waals surface area contributed by atoms with Gasteiger partial charge in [0.1, 0.15) is 5.75 Å². The van der Waals surface area contributed by atoms with Crippen LogP contribution >= 0.6 is 22.9 Å². The molecule has 1 aromatic heterocycles. The van der Waals surface area contributed by atoms with Crippen molar-refractivity contribution in [1.29, 1.82) is 0 Å². The first-order chi connectivity index (χ1) is 15.0. The summed E-state index contributed by atoms with van der Waals surface area (Å²) in [4.78, 5) is 46.2. The maximum Gasteiger partial charge on any atom is 0.323 e. The first kappa shape index (κ1) is 21.4. The van der Waals surface area contributed by atoms with Gasteiger partial charge in [0.15, 0.2) is 11.7 Å². The number of amides is 4. The summed E-state index contributed by atoms with van der Waals surface area (Å²) < 4.78 is 5.51. The predicted octanol–water partition coefficient (Wildman–Crippen LogP) is 1.62. The number of hydrogen-bond donors (Lipinski definition) is 1. The molecule has 0 unspecified atom stereocenters. The van der Waals surface area contributed by atoms with Crippen LogP contribution in [0.4, 0.5) is 9.93 Å². The Morgan fingerprint density at radius 3 is 2.39 bits per heavy atom. The van der Waals surface area contributed by atoms with Gasteiger partial charge in [0.2, 0.25) is 5.91 Å². The number of aromatic nitrogens is 1. The summed E-state index contributed by atoms with van der Waals surface area (Å²) in [6.07, 6.45) is 0.180. The van der Waals surface area contributed by atoms with Crippen molar-refractivity contribution in [2.45, 2.75) is 6.42 Å². The second kappa shape index (κ2) is 9.52. The fourth-order valence-electron chi connectivity index (χ4n) is 3.39. The van der Waals surface area contributed by atoms with E-state index in [0.29, 0.717) is 60.9 Å². The van der Waals surface area contributed by atoms with Gasteiger partial charge in [-0.2, -0.15) is 0 Å². The van der Waals surface area contributed by atoms with Gasteiger partial charge in [0.25, 0.3) is 5.91 Å². The Hall–Kier alpha value is -2.85. The number of urea groups is 1. The summed E-state index contributed by atoms with van der Waals surface area (Å²) in [6.45, 7) is 2.99. The Balaban J connectivity index is 1.22. The van der Waals surface area contributed by atoms with Crippen LogP contribution in [-0.2, 0) is 16.0 Å². The lowest BCUT2D eigenvalue weighted by atomic mass is 10.2. The van der Waals surface area contributed by atoms with E-state index in [1.54, 1.807) is 39.0 Å². The number of nitrogens with zero attached hydrogens (tertiary/aromatic N) is 4. The molecule has 0 radical (unpaired) electrons. The van der Waals surface area contributed by atoms with Crippen molar-refractivity contribution < 1.29 is 19.1 Å². The largest absolute Gasteiger partial charge is 0.484 e. The molecule has 3 heterocycles. The van der Waals surface area contributed by atoms with E-state index in [-0.39, 0.29) is 30.9 Å². The molecule has 0 bridgehead atoms. The van der Waals surface area contributed by atoms with Crippen LogP contribution in [0.25, 0.3) is 0 Å². The fraction of sp³-hybridized carbons (Fsp3) is 0.400. The summed E-state index contributed by atoms with van der Waals surface area (Å²) in [7, 11) is 0. The maximum absolute atomic E-state index is 12.6. The van der Waals surface area contributed by atoms with Gasteiger partial charge in [0.05, 0.1) is 12.1 Å². The van der Waals surface area contributed by atoms with Gasteiger partial charge in [-0.15, -0.1) is 11.3 Å². The molecule has 9 nitrogen and oxygen atoms in total. The number of hydrogen-bond acceptors (Lipinski definition) is 6. The van der Waals surface area contributed by atoms with Crippen molar-refractivity contribution in [3.63, 3.8) is 0 Å². The molecule has 2 aromatic rings. The molecule has 2 saturated heterocycles.